The van der Waals surface area contributed by atoms with Gasteiger partial charge in [0.2, 0.25) is 5.91 Å². The van der Waals surface area contributed by atoms with Gasteiger partial charge >= 0.3 is 5.97 Å². The Labute approximate surface area is 125 Å². The standard InChI is InChI=1S/C16H23NO4/c1-11(2)21-14-7-5-4-6-13(14)10-15(18)17-12(3)8-9-16(19)20/h4-7,11-12H,8-10H2,1-3H3,(H,17,18)(H,19,20)/t12-/m0/s1. The molecule has 2 N–H and O–H groups in total. The number of carbonyl (C=O) groups is 2. The molecular weight excluding hydrogens is 270 g/mol. The molecule has 0 aliphatic heterocycles. The molecule has 1 aromatic rings. The molecule has 0 unspecified atom stereocenters. The topological polar surface area (TPSA) is 75.6 Å². The van der Waals surface area contributed by atoms with Gasteiger partial charge in [-0.2, -0.15) is 0 Å². The fourth-order valence-electron chi connectivity index (χ4n) is 1.93. The summed E-state index contributed by atoms with van der Waals surface area (Å²) in [7, 11) is 0. The molecule has 5 heteroatoms. The SMILES string of the molecule is CC(C)Oc1ccccc1CC(=O)N[C@@H](C)CCC(=O)O. The number of aliphatic carboxylic acids is 1. The highest BCUT2D eigenvalue weighted by Gasteiger charge is 2.12. The van der Waals surface area contributed by atoms with E-state index in [0.717, 1.165) is 5.56 Å². The van der Waals surface area contributed by atoms with Crippen molar-refractivity contribution in [3.05, 3.63) is 29.8 Å². The molecule has 0 radical (unpaired) electrons. The van der Waals surface area contributed by atoms with E-state index >= 15 is 0 Å². The minimum atomic E-state index is -0.855. The third kappa shape index (κ3) is 6.79. The van der Waals surface area contributed by atoms with E-state index in [2.05, 4.69) is 5.32 Å². The predicted octanol–water partition coefficient (Wildman–Crippen LogP) is 2.39. The van der Waals surface area contributed by atoms with E-state index in [4.69, 9.17) is 9.84 Å². The first-order valence-corrected chi connectivity index (χ1v) is 7.14. The third-order valence-electron chi connectivity index (χ3n) is 2.88. The molecule has 1 atom stereocenters. The summed E-state index contributed by atoms with van der Waals surface area (Å²) in [5.74, 6) is -0.277. The summed E-state index contributed by atoms with van der Waals surface area (Å²) in [5, 5.41) is 11.4. The summed E-state index contributed by atoms with van der Waals surface area (Å²) in [5.41, 5.74) is 0.828. The second-order valence-electron chi connectivity index (χ2n) is 5.35. The molecule has 0 saturated heterocycles. The highest BCUT2D eigenvalue weighted by Crippen LogP contribution is 2.19. The number of nitrogens with one attached hydrogen (secondary N) is 1. The van der Waals surface area contributed by atoms with Gasteiger partial charge in [-0.3, -0.25) is 9.59 Å². The number of rotatable bonds is 8. The lowest BCUT2D eigenvalue weighted by Gasteiger charge is -2.16. The maximum Gasteiger partial charge on any atom is 0.303 e. The average Bonchev–Trinajstić information content (AvgIpc) is 2.38. The van der Waals surface area contributed by atoms with Gasteiger partial charge in [0.15, 0.2) is 0 Å². The van der Waals surface area contributed by atoms with E-state index < -0.39 is 5.97 Å². The van der Waals surface area contributed by atoms with Crippen LogP contribution in [0.4, 0.5) is 0 Å². The maximum absolute atomic E-state index is 12.0. The van der Waals surface area contributed by atoms with Crippen molar-refractivity contribution in [3.63, 3.8) is 0 Å². The lowest BCUT2D eigenvalue weighted by molar-refractivity contribution is -0.137. The second kappa shape index (κ2) is 8.29. The summed E-state index contributed by atoms with van der Waals surface area (Å²) >= 11 is 0. The Morgan fingerprint density at radius 1 is 1.24 bits per heavy atom. The van der Waals surface area contributed by atoms with Crippen molar-refractivity contribution in [1.82, 2.24) is 5.32 Å². The maximum atomic E-state index is 12.0. The summed E-state index contributed by atoms with van der Waals surface area (Å²) in [6.45, 7) is 5.67. The van der Waals surface area contributed by atoms with Gasteiger partial charge in [-0.15, -0.1) is 0 Å². The Balaban J connectivity index is 2.56. The molecular formula is C16H23NO4. The van der Waals surface area contributed by atoms with Crippen LogP contribution in [0, 0.1) is 0 Å². The smallest absolute Gasteiger partial charge is 0.303 e. The highest BCUT2D eigenvalue weighted by molar-refractivity contribution is 5.79. The first kappa shape index (κ1) is 17.0. The van der Waals surface area contributed by atoms with E-state index in [9.17, 15) is 9.59 Å². The van der Waals surface area contributed by atoms with Crippen LogP contribution in [0.1, 0.15) is 39.2 Å². The fraction of sp³-hybridized carbons (Fsp3) is 0.500. The van der Waals surface area contributed by atoms with Crippen molar-refractivity contribution in [1.29, 1.82) is 0 Å². The fourth-order valence-corrected chi connectivity index (χ4v) is 1.93. The van der Waals surface area contributed by atoms with Crippen molar-refractivity contribution in [2.24, 2.45) is 0 Å². The van der Waals surface area contributed by atoms with Crippen molar-refractivity contribution in [2.75, 3.05) is 0 Å². The minimum absolute atomic E-state index is 0.0451. The number of hydrogen-bond acceptors (Lipinski definition) is 3. The Hall–Kier alpha value is -2.04. The van der Waals surface area contributed by atoms with Crippen LogP contribution in [0.5, 0.6) is 5.75 Å². The van der Waals surface area contributed by atoms with Crippen molar-refractivity contribution >= 4 is 11.9 Å². The highest BCUT2D eigenvalue weighted by atomic mass is 16.5. The van der Waals surface area contributed by atoms with Crippen LogP contribution in [0.3, 0.4) is 0 Å². The number of amides is 1. The molecule has 1 rings (SSSR count). The van der Waals surface area contributed by atoms with Crippen LogP contribution < -0.4 is 10.1 Å². The first-order chi connectivity index (χ1) is 9.88. The minimum Gasteiger partial charge on any atom is -0.491 e. The Kier molecular flexibility index (Phi) is 6.72. The molecule has 0 spiro atoms. The molecule has 5 nitrogen and oxygen atoms in total. The van der Waals surface area contributed by atoms with E-state index in [1.807, 2.05) is 38.1 Å². The van der Waals surface area contributed by atoms with Crippen LogP contribution in [0.25, 0.3) is 0 Å². The Bertz CT molecular complexity index is 485. The van der Waals surface area contributed by atoms with Gasteiger partial charge in [-0.05, 0) is 33.3 Å². The number of hydrogen-bond donors (Lipinski definition) is 2. The molecule has 116 valence electrons. The van der Waals surface area contributed by atoms with Crippen LogP contribution in [0.2, 0.25) is 0 Å². The normalized spacial score (nSPS) is 12.0. The number of ether oxygens (including phenoxy) is 1. The van der Waals surface area contributed by atoms with E-state index in [0.29, 0.717) is 12.2 Å². The molecule has 0 heterocycles. The molecule has 0 aliphatic rings. The van der Waals surface area contributed by atoms with Crippen molar-refractivity contribution in [2.45, 2.75) is 52.2 Å². The molecule has 0 aliphatic carbocycles. The monoisotopic (exact) mass is 293 g/mol. The number of carbonyl (C=O) groups excluding carboxylic acids is 1. The molecule has 21 heavy (non-hydrogen) atoms. The molecule has 0 bridgehead atoms. The van der Waals surface area contributed by atoms with Crippen LogP contribution in [-0.2, 0) is 16.0 Å². The molecule has 0 fully saturated rings. The Morgan fingerprint density at radius 3 is 2.52 bits per heavy atom. The van der Waals surface area contributed by atoms with Crippen molar-refractivity contribution in [3.8, 4) is 5.75 Å². The van der Waals surface area contributed by atoms with E-state index in [1.54, 1.807) is 6.92 Å². The Morgan fingerprint density at radius 2 is 1.90 bits per heavy atom. The third-order valence-corrected chi connectivity index (χ3v) is 2.88. The molecule has 0 aromatic heterocycles. The zero-order chi connectivity index (χ0) is 15.8. The molecule has 1 amide bonds. The average molecular weight is 293 g/mol. The van der Waals surface area contributed by atoms with Crippen LogP contribution >= 0.6 is 0 Å². The molecule has 1 aromatic carbocycles. The van der Waals surface area contributed by atoms with Gasteiger partial charge in [0, 0.05) is 18.0 Å². The summed E-state index contributed by atoms with van der Waals surface area (Å²) in [6.07, 6.45) is 0.740. The summed E-state index contributed by atoms with van der Waals surface area (Å²) in [4.78, 5) is 22.5. The zero-order valence-corrected chi connectivity index (χ0v) is 12.8. The number of para-hydroxylation sites is 1. The number of carboxylic acid groups (broad SMARTS) is 1. The van der Waals surface area contributed by atoms with Crippen molar-refractivity contribution < 1.29 is 19.4 Å². The van der Waals surface area contributed by atoms with Gasteiger partial charge < -0.3 is 15.2 Å². The first-order valence-electron chi connectivity index (χ1n) is 7.14. The van der Waals surface area contributed by atoms with E-state index in [-0.39, 0.29) is 30.9 Å². The van der Waals surface area contributed by atoms with Gasteiger partial charge in [-0.25, -0.2) is 0 Å². The largest absolute Gasteiger partial charge is 0.491 e. The summed E-state index contributed by atoms with van der Waals surface area (Å²) < 4.78 is 5.67. The number of carboxylic acids is 1. The number of benzene rings is 1. The van der Waals surface area contributed by atoms with Gasteiger partial charge in [0.1, 0.15) is 5.75 Å². The zero-order valence-electron chi connectivity index (χ0n) is 12.8. The quantitative estimate of drug-likeness (QED) is 0.771. The van der Waals surface area contributed by atoms with Gasteiger partial charge in [0.05, 0.1) is 12.5 Å². The molecule has 0 saturated carbocycles. The van der Waals surface area contributed by atoms with Crippen LogP contribution in [0.15, 0.2) is 24.3 Å². The predicted molar refractivity (Wildman–Crippen MR) is 80.4 cm³/mol. The van der Waals surface area contributed by atoms with Crippen LogP contribution in [-0.4, -0.2) is 29.1 Å². The van der Waals surface area contributed by atoms with Gasteiger partial charge in [-0.1, -0.05) is 18.2 Å². The lowest BCUT2D eigenvalue weighted by atomic mass is 10.1. The van der Waals surface area contributed by atoms with Gasteiger partial charge in [0.25, 0.3) is 0 Å². The second-order valence-corrected chi connectivity index (χ2v) is 5.35. The lowest BCUT2D eigenvalue weighted by Crippen LogP contribution is -2.34. The summed E-state index contributed by atoms with van der Waals surface area (Å²) in [6, 6.07) is 7.28. The van der Waals surface area contributed by atoms with E-state index in [1.165, 1.54) is 0 Å².